The highest BCUT2D eigenvalue weighted by Crippen LogP contribution is 2.25. The molecular weight excluding hydrogens is 246 g/mol. The fourth-order valence-electron chi connectivity index (χ4n) is 2.18. The van der Waals surface area contributed by atoms with E-state index in [0.29, 0.717) is 11.9 Å². The van der Waals surface area contributed by atoms with Gasteiger partial charge in [0.05, 0.1) is 5.88 Å². The zero-order chi connectivity index (χ0) is 13.1. The molecule has 0 fully saturated rings. The minimum Gasteiger partial charge on any atom is -0.311 e. The summed E-state index contributed by atoms with van der Waals surface area (Å²) in [6.07, 6.45) is 0. The fraction of sp³-hybridized carbons (Fsp3) is 0.429. The summed E-state index contributed by atoms with van der Waals surface area (Å²) in [6, 6.07) is 10.7. The van der Waals surface area contributed by atoms with E-state index in [1.54, 1.807) is 0 Å². The summed E-state index contributed by atoms with van der Waals surface area (Å²) in [5.74, 6) is 2.43. The van der Waals surface area contributed by atoms with Crippen molar-refractivity contribution < 1.29 is 0 Å². The van der Waals surface area contributed by atoms with Gasteiger partial charge < -0.3 is 4.57 Å². The summed E-state index contributed by atoms with van der Waals surface area (Å²) in [4.78, 5) is 0. The summed E-state index contributed by atoms with van der Waals surface area (Å²) in [6.45, 7) is 6.40. The Kier molecular flexibility index (Phi) is 4.02. The Morgan fingerprint density at radius 2 is 1.78 bits per heavy atom. The van der Waals surface area contributed by atoms with Gasteiger partial charge >= 0.3 is 0 Å². The predicted octanol–water partition coefficient (Wildman–Crippen LogP) is 3.75. The van der Waals surface area contributed by atoms with E-state index >= 15 is 0 Å². The molecule has 1 atom stereocenters. The number of rotatable bonds is 4. The number of hydrogen-bond acceptors (Lipinski definition) is 2. The van der Waals surface area contributed by atoms with Gasteiger partial charge in [0.25, 0.3) is 0 Å². The minimum absolute atomic E-state index is 0.220. The van der Waals surface area contributed by atoms with Gasteiger partial charge in [-0.25, -0.2) is 0 Å². The first-order chi connectivity index (χ1) is 8.65. The lowest BCUT2D eigenvalue weighted by Gasteiger charge is -2.17. The Hall–Kier alpha value is -1.35. The third-order valence-electron chi connectivity index (χ3n) is 3.12. The van der Waals surface area contributed by atoms with Crippen LogP contribution in [0.2, 0.25) is 0 Å². The van der Waals surface area contributed by atoms with Gasteiger partial charge in [-0.2, -0.15) is 0 Å². The maximum absolute atomic E-state index is 5.92. The molecule has 1 unspecified atom stereocenters. The molecule has 3 nitrogen and oxygen atoms in total. The molecule has 2 aromatic rings. The summed E-state index contributed by atoms with van der Waals surface area (Å²) in [5, 5.41) is 8.50. The lowest BCUT2D eigenvalue weighted by molar-refractivity contribution is 0.542. The molecule has 1 aromatic carbocycles. The Balaban J connectivity index is 2.42. The molecule has 0 bridgehead atoms. The highest BCUT2D eigenvalue weighted by molar-refractivity contribution is 6.16. The van der Waals surface area contributed by atoms with Crippen LogP contribution >= 0.6 is 11.6 Å². The van der Waals surface area contributed by atoms with Crippen molar-refractivity contribution in [1.82, 2.24) is 14.8 Å². The van der Waals surface area contributed by atoms with Gasteiger partial charge in [-0.05, 0) is 19.4 Å². The van der Waals surface area contributed by atoms with Crippen LogP contribution in [0.15, 0.2) is 30.3 Å². The third kappa shape index (κ3) is 2.41. The summed E-state index contributed by atoms with van der Waals surface area (Å²) in [5.41, 5.74) is 1.24. The normalized spacial score (nSPS) is 12.9. The first-order valence-corrected chi connectivity index (χ1v) is 6.73. The Morgan fingerprint density at radius 3 is 2.33 bits per heavy atom. The lowest BCUT2D eigenvalue weighted by Crippen LogP contribution is -2.12. The predicted molar refractivity (Wildman–Crippen MR) is 73.9 cm³/mol. The van der Waals surface area contributed by atoms with Crippen molar-refractivity contribution in [3.8, 4) is 0 Å². The second-order valence-electron chi connectivity index (χ2n) is 4.70. The summed E-state index contributed by atoms with van der Waals surface area (Å²) < 4.78 is 2.13. The van der Waals surface area contributed by atoms with E-state index in [0.717, 1.165) is 11.6 Å². The van der Waals surface area contributed by atoms with E-state index in [2.05, 4.69) is 47.7 Å². The van der Waals surface area contributed by atoms with Gasteiger partial charge in [-0.15, -0.1) is 21.8 Å². The quantitative estimate of drug-likeness (QED) is 0.787. The highest BCUT2D eigenvalue weighted by atomic mass is 35.5. The molecule has 4 heteroatoms. The first-order valence-electron chi connectivity index (χ1n) is 6.19. The van der Waals surface area contributed by atoms with Gasteiger partial charge in [0.2, 0.25) is 0 Å². The molecule has 0 radical (unpaired) electrons. The standard InChI is InChI=1S/C14H18ClN3/c1-10(2)18-13(9-15)16-17-14(18)11(3)12-7-5-4-6-8-12/h4-8,10-11H,9H2,1-3H3. The molecule has 0 aliphatic rings. The van der Waals surface area contributed by atoms with Crippen molar-refractivity contribution in [3.63, 3.8) is 0 Å². The minimum atomic E-state index is 0.220. The Morgan fingerprint density at radius 1 is 1.11 bits per heavy atom. The maximum Gasteiger partial charge on any atom is 0.148 e. The summed E-state index contributed by atoms with van der Waals surface area (Å²) >= 11 is 5.92. The number of aromatic nitrogens is 3. The molecular formula is C14H18ClN3. The third-order valence-corrected chi connectivity index (χ3v) is 3.35. The number of halogens is 1. The molecule has 1 aromatic heterocycles. The van der Waals surface area contributed by atoms with Crippen molar-refractivity contribution in [3.05, 3.63) is 47.5 Å². The Labute approximate surface area is 113 Å². The highest BCUT2D eigenvalue weighted by Gasteiger charge is 2.20. The molecule has 0 saturated heterocycles. The average Bonchev–Trinajstić information content (AvgIpc) is 2.82. The lowest BCUT2D eigenvalue weighted by atomic mass is 10.0. The molecule has 18 heavy (non-hydrogen) atoms. The van der Waals surface area contributed by atoms with Gasteiger partial charge in [-0.3, -0.25) is 0 Å². The van der Waals surface area contributed by atoms with E-state index in [9.17, 15) is 0 Å². The van der Waals surface area contributed by atoms with E-state index in [-0.39, 0.29) is 5.92 Å². The first kappa shape index (κ1) is 13.1. The number of benzene rings is 1. The molecule has 0 saturated carbocycles. The van der Waals surface area contributed by atoms with Crippen LogP contribution in [0.1, 0.15) is 49.9 Å². The molecule has 1 heterocycles. The van der Waals surface area contributed by atoms with Gasteiger partial charge in [0.1, 0.15) is 11.6 Å². The van der Waals surface area contributed by atoms with Crippen LogP contribution in [0.3, 0.4) is 0 Å². The van der Waals surface area contributed by atoms with Crippen molar-refractivity contribution in [2.75, 3.05) is 0 Å². The summed E-state index contributed by atoms with van der Waals surface area (Å²) in [7, 11) is 0. The monoisotopic (exact) mass is 263 g/mol. The van der Waals surface area contributed by atoms with E-state index in [4.69, 9.17) is 11.6 Å². The van der Waals surface area contributed by atoms with Gasteiger partial charge in [-0.1, -0.05) is 37.3 Å². The molecule has 0 N–H and O–H groups in total. The average molecular weight is 264 g/mol. The van der Waals surface area contributed by atoms with Crippen LogP contribution in [-0.2, 0) is 5.88 Å². The molecule has 0 amide bonds. The number of hydrogen-bond donors (Lipinski definition) is 0. The van der Waals surface area contributed by atoms with Crippen LogP contribution in [0.4, 0.5) is 0 Å². The largest absolute Gasteiger partial charge is 0.311 e. The SMILES string of the molecule is CC(c1ccccc1)c1nnc(CCl)n1C(C)C. The van der Waals surface area contributed by atoms with Crippen LogP contribution in [0, 0.1) is 0 Å². The zero-order valence-corrected chi connectivity index (χ0v) is 11.7. The van der Waals surface area contributed by atoms with Gasteiger partial charge in [0, 0.05) is 12.0 Å². The molecule has 2 rings (SSSR count). The van der Waals surface area contributed by atoms with Crippen LogP contribution in [0.5, 0.6) is 0 Å². The van der Waals surface area contributed by atoms with Crippen LogP contribution in [-0.4, -0.2) is 14.8 Å². The zero-order valence-electron chi connectivity index (χ0n) is 11.0. The van der Waals surface area contributed by atoms with Crippen LogP contribution < -0.4 is 0 Å². The maximum atomic E-state index is 5.92. The van der Waals surface area contributed by atoms with Crippen molar-refractivity contribution in [2.24, 2.45) is 0 Å². The van der Waals surface area contributed by atoms with E-state index in [1.807, 2.05) is 18.2 Å². The fourth-order valence-corrected chi connectivity index (χ4v) is 2.36. The molecule has 0 spiro atoms. The van der Waals surface area contributed by atoms with Crippen molar-refractivity contribution in [2.45, 2.75) is 38.6 Å². The van der Waals surface area contributed by atoms with Crippen molar-refractivity contribution in [1.29, 1.82) is 0 Å². The van der Waals surface area contributed by atoms with Gasteiger partial charge in [0.15, 0.2) is 0 Å². The van der Waals surface area contributed by atoms with E-state index in [1.165, 1.54) is 5.56 Å². The number of alkyl halides is 1. The van der Waals surface area contributed by atoms with Crippen LogP contribution in [0.25, 0.3) is 0 Å². The molecule has 96 valence electrons. The topological polar surface area (TPSA) is 30.7 Å². The molecule has 0 aliphatic heterocycles. The van der Waals surface area contributed by atoms with E-state index < -0.39 is 0 Å². The molecule has 0 aliphatic carbocycles. The number of nitrogens with zero attached hydrogens (tertiary/aromatic N) is 3. The Bertz CT molecular complexity index is 505. The second-order valence-corrected chi connectivity index (χ2v) is 4.97. The second kappa shape index (κ2) is 5.53. The smallest absolute Gasteiger partial charge is 0.148 e. The van der Waals surface area contributed by atoms with Crippen molar-refractivity contribution >= 4 is 11.6 Å².